The van der Waals surface area contributed by atoms with Gasteiger partial charge in [0, 0.05) is 12.3 Å². The number of hydrogen-bond acceptors (Lipinski definition) is 5. The topological polar surface area (TPSA) is 99.3 Å². The molecule has 2 rings (SSSR count). The summed E-state index contributed by atoms with van der Waals surface area (Å²) in [5.74, 6) is 0.749. The third kappa shape index (κ3) is 1.70. The van der Waals surface area contributed by atoms with Gasteiger partial charge in [-0.2, -0.15) is 10.1 Å². The predicted octanol–water partition coefficient (Wildman–Crippen LogP) is -0.368. The van der Waals surface area contributed by atoms with Crippen LogP contribution in [0.3, 0.4) is 0 Å². The van der Waals surface area contributed by atoms with Crippen LogP contribution in [0.1, 0.15) is 0 Å². The Labute approximate surface area is 72.3 Å². The Morgan fingerprint density at radius 3 is 2.92 bits per heavy atom. The zero-order valence-electron chi connectivity index (χ0n) is 6.48. The number of hydrogen-bond donors (Lipinski definition) is 3. The first-order valence-electron chi connectivity index (χ1n) is 3.52. The lowest BCUT2D eigenvalue weighted by atomic mass is 10.6. The minimum Gasteiger partial charge on any atom is -0.295 e. The first-order valence-corrected chi connectivity index (χ1v) is 3.52. The van der Waals surface area contributed by atoms with Crippen LogP contribution in [0.5, 0.6) is 0 Å². The summed E-state index contributed by atoms with van der Waals surface area (Å²) in [4.78, 5) is 21.0. The van der Waals surface area contributed by atoms with Gasteiger partial charge in [0.1, 0.15) is 6.33 Å². The highest BCUT2D eigenvalue weighted by atomic mass is 16.1. The Morgan fingerprint density at radius 1 is 1.31 bits per heavy atom. The van der Waals surface area contributed by atoms with E-state index in [1.54, 1.807) is 0 Å². The van der Waals surface area contributed by atoms with Gasteiger partial charge in [-0.25, -0.2) is 10.1 Å². The Morgan fingerprint density at radius 2 is 2.23 bits per heavy atom. The number of nitrogens with zero attached hydrogens (tertiary/aromatic N) is 3. The van der Waals surface area contributed by atoms with E-state index in [9.17, 15) is 4.79 Å². The van der Waals surface area contributed by atoms with Crippen molar-refractivity contribution in [2.24, 2.45) is 0 Å². The fraction of sp³-hybridized carbons (Fsp3) is 0. The molecule has 0 fully saturated rings. The van der Waals surface area contributed by atoms with Gasteiger partial charge in [0.2, 0.25) is 11.9 Å². The van der Waals surface area contributed by atoms with E-state index in [-0.39, 0.29) is 5.56 Å². The van der Waals surface area contributed by atoms with E-state index in [1.165, 1.54) is 18.6 Å². The standard InChI is InChI=1S/C6H6N6O/c13-4-1-2-7-5(10-4)11-6-8-3-9-12-6/h1-3H,(H3,7,8,9,10,11,12,13). The summed E-state index contributed by atoms with van der Waals surface area (Å²) in [7, 11) is 0. The molecule has 7 heteroatoms. The van der Waals surface area contributed by atoms with Crippen LogP contribution < -0.4 is 10.9 Å². The van der Waals surface area contributed by atoms with E-state index in [4.69, 9.17) is 0 Å². The van der Waals surface area contributed by atoms with Crippen molar-refractivity contribution in [2.45, 2.75) is 0 Å². The number of nitrogens with one attached hydrogen (secondary N) is 3. The quantitative estimate of drug-likeness (QED) is 0.582. The number of aromatic nitrogens is 5. The summed E-state index contributed by atoms with van der Waals surface area (Å²) in [6.07, 6.45) is 2.75. The zero-order chi connectivity index (χ0) is 9.10. The highest BCUT2D eigenvalue weighted by molar-refractivity contribution is 5.39. The molecule has 3 N–H and O–H groups in total. The molecule has 0 radical (unpaired) electrons. The third-order valence-corrected chi connectivity index (χ3v) is 1.32. The van der Waals surface area contributed by atoms with Crippen molar-refractivity contribution in [3.63, 3.8) is 0 Å². The van der Waals surface area contributed by atoms with Crippen LogP contribution in [0.25, 0.3) is 0 Å². The molecule has 2 aromatic rings. The summed E-state index contributed by atoms with van der Waals surface area (Å²) < 4.78 is 0. The molecule has 0 unspecified atom stereocenters. The van der Waals surface area contributed by atoms with E-state index in [2.05, 4.69) is 30.5 Å². The number of aromatic amines is 2. The average molecular weight is 178 g/mol. The van der Waals surface area contributed by atoms with Crippen LogP contribution in [-0.2, 0) is 0 Å². The smallest absolute Gasteiger partial charge is 0.252 e. The molecule has 0 aromatic carbocycles. The molecule has 7 nitrogen and oxygen atoms in total. The Bertz CT molecular complexity index is 432. The van der Waals surface area contributed by atoms with Gasteiger partial charge in [-0.15, -0.1) is 0 Å². The highest BCUT2D eigenvalue weighted by Crippen LogP contribution is 2.00. The van der Waals surface area contributed by atoms with Crippen molar-refractivity contribution in [1.29, 1.82) is 0 Å². The molecule has 0 saturated heterocycles. The molecule has 66 valence electrons. The molecule has 13 heavy (non-hydrogen) atoms. The molecule has 0 saturated carbocycles. The van der Waals surface area contributed by atoms with Crippen molar-refractivity contribution in [3.05, 3.63) is 28.9 Å². The fourth-order valence-electron chi connectivity index (χ4n) is 0.812. The normalized spacial score (nSPS) is 9.85. The van der Waals surface area contributed by atoms with E-state index in [0.29, 0.717) is 11.9 Å². The molecule has 0 bridgehead atoms. The first-order chi connectivity index (χ1) is 6.34. The lowest BCUT2D eigenvalue weighted by Crippen LogP contribution is -2.08. The average Bonchev–Trinajstić information content (AvgIpc) is 2.57. The molecule has 0 aliphatic heterocycles. The summed E-state index contributed by atoms with van der Waals surface area (Å²) in [5, 5.41) is 8.92. The SMILES string of the molecule is O=c1ccnc(Nc2ncn[nH]2)[nH]1. The van der Waals surface area contributed by atoms with E-state index < -0.39 is 0 Å². The van der Waals surface area contributed by atoms with Crippen molar-refractivity contribution < 1.29 is 0 Å². The van der Waals surface area contributed by atoms with Gasteiger partial charge in [-0.1, -0.05) is 0 Å². The largest absolute Gasteiger partial charge is 0.295 e. The second kappa shape index (κ2) is 3.05. The van der Waals surface area contributed by atoms with Crippen LogP contribution in [0.4, 0.5) is 11.9 Å². The molecule has 0 atom stereocenters. The minimum absolute atomic E-state index is 0.225. The Balaban J connectivity index is 2.24. The number of H-pyrrole nitrogens is 2. The highest BCUT2D eigenvalue weighted by Gasteiger charge is 1.96. The lowest BCUT2D eigenvalue weighted by Gasteiger charge is -1.98. The molecule has 0 spiro atoms. The van der Waals surface area contributed by atoms with Crippen molar-refractivity contribution >= 4 is 11.9 Å². The molecule has 0 amide bonds. The maximum atomic E-state index is 10.8. The summed E-state index contributed by atoms with van der Waals surface area (Å²) >= 11 is 0. The van der Waals surface area contributed by atoms with E-state index in [0.717, 1.165) is 0 Å². The molecule has 2 heterocycles. The van der Waals surface area contributed by atoms with Crippen LogP contribution in [0.2, 0.25) is 0 Å². The van der Waals surface area contributed by atoms with E-state index in [1.807, 2.05) is 0 Å². The number of rotatable bonds is 2. The fourth-order valence-corrected chi connectivity index (χ4v) is 0.812. The monoisotopic (exact) mass is 178 g/mol. The van der Waals surface area contributed by atoms with Crippen LogP contribution in [0.15, 0.2) is 23.4 Å². The van der Waals surface area contributed by atoms with Crippen LogP contribution in [-0.4, -0.2) is 25.1 Å². The maximum absolute atomic E-state index is 10.8. The van der Waals surface area contributed by atoms with Gasteiger partial charge in [0.15, 0.2) is 0 Å². The van der Waals surface area contributed by atoms with Crippen LogP contribution >= 0.6 is 0 Å². The predicted molar refractivity (Wildman–Crippen MR) is 44.5 cm³/mol. The second-order valence-corrected chi connectivity index (χ2v) is 2.24. The van der Waals surface area contributed by atoms with Gasteiger partial charge in [0.05, 0.1) is 0 Å². The third-order valence-electron chi connectivity index (χ3n) is 1.32. The van der Waals surface area contributed by atoms with E-state index >= 15 is 0 Å². The van der Waals surface area contributed by atoms with Gasteiger partial charge >= 0.3 is 0 Å². The molecule has 0 aliphatic rings. The van der Waals surface area contributed by atoms with Crippen molar-refractivity contribution in [3.8, 4) is 0 Å². The molecule has 2 aromatic heterocycles. The zero-order valence-corrected chi connectivity index (χ0v) is 6.48. The number of anilines is 2. The Kier molecular flexibility index (Phi) is 1.75. The van der Waals surface area contributed by atoms with Gasteiger partial charge in [-0.3, -0.25) is 15.1 Å². The van der Waals surface area contributed by atoms with Crippen molar-refractivity contribution in [1.82, 2.24) is 25.1 Å². The van der Waals surface area contributed by atoms with Gasteiger partial charge < -0.3 is 0 Å². The van der Waals surface area contributed by atoms with Gasteiger partial charge in [0.25, 0.3) is 5.56 Å². The maximum Gasteiger partial charge on any atom is 0.252 e. The summed E-state index contributed by atoms with van der Waals surface area (Å²) in [6.45, 7) is 0. The summed E-state index contributed by atoms with van der Waals surface area (Å²) in [5.41, 5.74) is -0.225. The second-order valence-electron chi connectivity index (χ2n) is 2.24. The molecular formula is C6H6N6O. The molecule has 0 aliphatic carbocycles. The summed E-state index contributed by atoms with van der Waals surface area (Å²) in [6, 6.07) is 1.32. The lowest BCUT2D eigenvalue weighted by molar-refractivity contribution is 1.07. The van der Waals surface area contributed by atoms with Crippen molar-refractivity contribution in [2.75, 3.05) is 5.32 Å². The first kappa shape index (κ1) is 7.47. The van der Waals surface area contributed by atoms with Gasteiger partial charge in [-0.05, 0) is 0 Å². The van der Waals surface area contributed by atoms with Crippen LogP contribution in [0, 0.1) is 0 Å². The minimum atomic E-state index is -0.225. The Hall–Kier alpha value is -2.18. The molecular weight excluding hydrogens is 172 g/mol.